The molecule has 124 valence electrons. The number of rotatable bonds is 3. The number of nitrogens with zero attached hydrogens (tertiary/aromatic N) is 3. The summed E-state index contributed by atoms with van der Waals surface area (Å²) in [5.74, 6) is 0.804. The normalized spacial score (nSPS) is 27.9. The van der Waals surface area contributed by atoms with E-state index < -0.39 is 5.60 Å². The first-order valence-corrected chi connectivity index (χ1v) is 7.91. The average Bonchev–Trinajstić information content (AvgIpc) is 2.93. The van der Waals surface area contributed by atoms with Crippen molar-refractivity contribution in [1.82, 2.24) is 20.3 Å². The molecule has 1 aromatic heterocycles. The Hall–Kier alpha value is -1.92. The third-order valence-electron chi connectivity index (χ3n) is 4.59. The predicted octanol–water partition coefficient (Wildman–Crippen LogP) is 1.83. The number of hydrogen-bond acceptors (Lipinski definition) is 5. The summed E-state index contributed by atoms with van der Waals surface area (Å²) in [6.07, 6.45) is 3.10. The van der Waals surface area contributed by atoms with Crippen LogP contribution in [0, 0.1) is 6.92 Å². The molecule has 3 atom stereocenters. The number of piperidine rings is 1. The lowest BCUT2D eigenvalue weighted by molar-refractivity contribution is -0.0237. The van der Waals surface area contributed by atoms with Gasteiger partial charge in [0.1, 0.15) is 5.75 Å². The Labute approximate surface area is 136 Å². The molecule has 2 N–H and O–H groups in total. The van der Waals surface area contributed by atoms with Crippen LogP contribution in [0.1, 0.15) is 42.6 Å². The highest BCUT2D eigenvalue weighted by Gasteiger charge is 2.40. The van der Waals surface area contributed by atoms with Crippen LogP contribution in [0.25, 0.3) is 0 Å². The van der Waals surface area contributed by atoms with Crippen LogP contribution in [0.3, 0.4) is 0 Å². The standard InChI is InChI=1S/C17H24N4O2/c1-11-5-6-13(7-16(11)23-4)17(22)8-12(2)18-14(9-17)15-10-21(3)20-19-15/h5-7,10,12,14,18,22H,8-9H2,1-4H3/t12-,14-,17-/m0/s1. The number of nitrogens with one attached hydrogen (secondary N) is 1. The molecule has 0 bridgehead atoms. The molecule has 0 aliphatic carbocycles. The van der Waals surface area contributed by atoms with Gasteiger partial charge in [0, 0.05) is 25.7 Å². The summed E-state index contributed by atoms with van der Waals surface area (Å²) < 4.78 is 7.10. The van der Waals surface area contributed by atoms with Gasteiger partial charge in [-0.2, -0.15) is 0 Å². The molecule has 0 spiro atoms. The molecule has 2 heterocycles. The minimum atomic E-state index is -0.909. The van der Waals surface area contributed by atoms with Gasteiger partial charge < -0.3 is 15.2 Å². The fourth-order valence-corrected chi connectivity index (χ4v) is 3.45. The maximum atomic E-state index is 11.3. The second kappa shape index (κ2) is 5.94. The molecule has 1 aliphatic rings. The van der Waals surface area contributed by atoms with Crippen molar-refractivity contribution in [2.45, 2.75) is 44.4 Å². The van der Waals surface area contributed by atoms with E-state index in [0.29, 0.717) is 12.8 Å². The van der Waals surface area contributed by atoms with Gasteiger partial charge in [-0.15, -0.1) is 5.10 Å². The molecule has 0 saturated carbocycles. The van der Waals surface area contributed by atoms with Crippen LogP contribution in [0.2, 0.25) is 0 Å². The van der Waals surface area contributed by atoms with E-state index >= 15 is 0 Å². The van der Waals surface area contributed by atoms with E-state index in [0.717, 1.165) is 22.6 Å². The third kappa shape index (κ3) is 3.09. The van der Waals surface area contributed by atoms with Crippen molar-refractivity contribution < 1.29 is 9.84 Å². The van der Waals surface area contributed by atoms with Crippen molar-refractivity contribution in [3.05, 3.63) is 41.2 Å². The fourth-order valence-electron chi connectivity index (χ4n) is 3.45. The Kier molecular flexibility index (Phi) is 4.12. The molecule has 23 heavy (non-hydrogen) atoms. The van der Waals surface area contributed by atoms with Gasteiger partial charge in [-0.3, -0.25) is 4.68 Å². The number of methoxy groups -OCH3 is 1. The molecule has 2 aromatic rings. The number of benzene rings is 1. The summed E-state index contributed by atoms with van der Waals surface area (Å²) in [7, 11) is 3.50. The zero-order chi connectivity index (χ0) is 16.6. The number of aromatic nitrogens is 3. The number of aliphatic hydroxyl groups is 1. The van der Waals surface area contributed by atoms with Gasteiger partial charge in [0.05, 0.1) is 24.4 Å². The lowest BCUT2D eigenvalue weighted by Gasteiger charge is -2.41. The van der Waals surface area contributed by atoms with E-state index in [1.165, 1.54) is 0 Å². The van der Waals surface area contributed by atoms with Crippen molar-refractivity contribution in [3.63, 3.8) is 0 Å². The molecular weight excluding hydrogens is 292 g/mol. The van der Waals surface area contributed by atoms with Crippen molar-refractivity contribution >= 4 is 0 Å². The monoisotopic (exact) mass is 316 g/mol. The Bertz CT molecular complexity index is 700. The highest BCUT2D eigenvalue weighted by atomic mass is 16.5. The maximum absolute atomic E-state index is 11.3. The molecule has 1 fully saturated rings. The Morgan fingerprint density at radius 1 is 1.39 bits per heavy atom. The summed E-state index contributed by atoms with van der Waals surface area (Å²) >= 11 is 0. The Morgan fingerprint density at radius 3 is 2.83 bits per heavy atom. The van der Waals surface area contributed by atoms with Crippen molar-refractivity contribution in [1.29, 1.82) is 0 Å². The van der Waals surface area contributed by atoms with Gasteiger partial charge in [-0.1, -0.05) is 17.3 Å². The second-order valence-corrected chi connectivity index (χ2v) is 6.56. The van der Waals surface area contributed by atoms with Crippen LogP contribution in [0.5, 0.6) is 5.75 Å². The molecule has 6 heteroatoms. The number of aryl methyl sites for hydroxylation is 2. The van der Waals surface area contributed by atoms with E-state index in [4.69, 9.17) is 4.74 Å². The molecule has 6 nitrogen and oxygen atoms in total. The van der Waals surface area contributed by atoms with Gasteiger partial charge in [0.15, 0.2) is 0 Å². The first-order valence-electron chi connectivity index (χ1n) is 7.91. The largest absolute Gasteiger partial charge is 0.496 e. The SMILES string of the molecule is COc1cc([C@@]2(O)C[C@@H](c3cn(C)nn3)N[C@@H](C)C2)ccc1C. The summed E-state index contributed by atoms with van der Waals surface area (Å²) in [4.78, 5) is 0. The quantitative estimate of drug-likeness (QED) is 0.904. The maximum Gasteiger partial charge on any atom is 0.122 e. The highest BCUT2D eigenvalue weighted by Crippen LogP contribution is 2.40. The lowest BCUT2D eigenvalue weighted by Crippen LogP contribution is -2.47. The molecule has 1 aliphatic heterocycles. The number of ether oxygens (including phenoxy) is 1. The molecule has 0 unspecified atom stereocenters. The zero-order valence-corrected chi connectivity index (χ0v) is 14.1. The van der Waals surface area contributed by atoms with Crippen LogP contribution in [0.4, 0.5) is 0 Å². The predicted molar refractivity (Wildman–Crippen MR) is 87.2 cm³/mol. The molecule has 0 radical (unpaired) electrons. The van der Waals surface area contributed by atoms with Gasteiger partial charge >= 0.3 is 0 Å². The van der Waals surface area contributed by atoms with Crippen LogP contribution in [-0.4, -0.2) is 33.3 Å². The van der Waals surface area contributed by atoms with E-state index in [-0.39, 0.29) is 12.1 Å². The molecule has 1 saturated heterocycles. The van der Waals surface area contributed by atoms with Gasteiger partial charge in [0.2, 0.25) is 0 Å². The lowest BCUT2D eigenvalue weighted by atomic mass is 9.78. The zero-order valence-electron chi connectivity index (χ0n) is 14.1. The minimum Gasteiger partial charge on any atom is -0.496 e. The summed E-state index contributed by atoms with van der Waals surface area (Å²) in [6.45, 7) is 4.08. The van der Waals surface area contributed by atoms with Crippen LogP contribution in [-0.2, 0) is 12.6 Å². The van der Waals surface area contributed by atoms with E-state index in [2.05, 4.69) is 22.6 Å². The summed E-state index contributed by atoms with van der Waals surface area (Å²) in [5, 5.41) is 23.0. The Morgan fingerprint density at radius 2 is 2.17 bits per heavy atom. The smallest absolute Gasteiger partial charge is 0.122 e. The summed E-state index contributed by atoms with van der Waals surface area (Å²) in [5.41, 5.74) is 1.90. The van der Waals surface area contributed by atoms with Crippen LogP contribution < -0.4 is 10.1 Å². The number of hydrogen-bond donors (Lipinski definition) is 2. The van der Waals surface area contributed by atoms with E-state index in [1.807, 2.05) is 38.4 Å². The van der Waals surface area contributed by atoms with Gasteiger partial charge in [-0.05, 0) is 37.5 Å². The third-order valence-corrected chi connectivity index (χ3v) is 4.59. The molecular formula is C17H24N4O2. The minimum absolute atomic E-state index is 0.0234. The van der Waals surface area contributed by atoms with Crippen molar-refractivity contribution in [2.75, 3.05) is 7.11 Å². The second-order valence-electron chi connectivity index (χ2n) is 6.56. The van der Waals surface area contributed by atoms with E-state index in [9.17, 15) is 5.11 Å². The Balaban J connectivity index is 1.93. The summed E-state index contributed by atoms with van der Waals surface area (Å²) in [6, 6.07) is 6.08. The first-order chi connectivity index (χ1) is 10.9. The topological polar surface area (TPSA) is 72.2 Å². The molecule has 0 amide bonds. The molecule has 3 rings (SSSR count). The fraction of sp³-hybridized carbons (Fsp3) is 0.529. The van der Waals surface area contributed by atoms with Crippen molar-refractivity contribution in [2.24, 2.45) is 7.05 Å². The van der Waals surface area contributed by atoms with Crippen LogP contribution in [0.15, 0.2) is 24.4 Å². The van der Waals surface area contributed by atoms with E-state index in [1.54, 1.807) is 11.8 Å². The highest BCUT2D eigenvalue weighted by molar-refractivity contribution is 5.39. The van der Waals surface area contributed by atoms with Crippen LogP contribution >= 0.6 is 0 Å². The van der Waals surface area contributed by atoms with Gasteiger partial charge in [-0.25, -0.2) is 0 Å². The average molecular weight is 316 g/mol. The van der Waals surface area contributed by atoms with Gasteiger partial charge in [0.25, 0.3) is 0 Å². The molecule has 1 aromatic carbocycles. The van der Waals surface area contributed by atoms with Crippen molar-refractivity contribution in [3.8, 4) is 5.75 Å². The first kappa shape index (κ1) is 16.0.